The smallest absolute Gasteiger partial charge is 0.219 e. The Morgan fingerprint density at radius 2 is 1.96 bits per heavy atom. The van der Waals surface area contributed by atoms with Crippen LogP contribution in [0.15, 0.2) is 29.4 Å². The van der Waals surface area contributed by atoms with Crippen LogP contribution in [-0.2, 0) is 11.2 Å². The van der Waals surface area contributed by atoms with E-state index in [1.54, 1.807) is 18.9 Å². The fraction of sp³-hybridized carbons (Fsp3) is 0.571. The van der Waals surface area contributed by atoms with E-state index < -0.39 is 0 Å². The molecule has 0 atom stereocenters. The van der Waals surface area contributed by atoms with Crippen LogP contribution in [0.4, 0.5) is 0 Å². The van der Waals surface area contributed by atoms with Gasteiger partial charge in [-0.2, -0.15) is 0 Å². The number of nitrogens with zero attached hydrogens (tertiary/aromatic N) is 3. The summed E-state index contributed by atoms with van der Waals surface area (Å²) in [7, 11) is 1.67. The quantitative estimate of drug-likeness (QED) is 0.642. The summed E-state index contributed by atoms with van der Waals surface area (Å²) >= 11 is 1.79. The maximum atomic E-state index is 11.5. The number of carbonyl (C=O) groups excluding carboxylic acids is 1. The molecule has 0 bridgehead atoms. The fourth-order valence-corrected chi connectivity index (χ4v) is 4.69. The van der Waals surface area contributed by atoms with E-state index in [0.717, 1.165) is 34.1 Å². The van der Waals surface area contributed by atoms with E-state index in [1.807, 2.05) is 31.2 Å². The molecule has 6 nitrogen and oxygen atoms in total. The van der Waals surface area contributed by atoms with Crippen LogP contribution < -0.4 is 10.1 Å². The number of aromatic nitrogens is 3. The third kappa shape index (κ3) is 5.50. The summed E-state index contributed by atoms with van der Waals surface area (Å²) in [4.78, 5) is 11.5. The first-order chi connectivity index (χ1) is 13.7. The number of hydrogen-bond donors (Lipinski definition) is 1. The zero-order chi connectivity index (χ0) is 19.8. The van der Waals surface area contributed by atoms with E-state index in [-0.39, 0.29) is 5.91 Å². The van der Waals surface area contributed by atoms with Gasteiger partial charge in [-0.3, -0.25) is 9.36 Å². The van der Waals surface area contributed by atoms with Crippen molar-refractivity contribution >= 4 is 17.7 Å². The Morgan fingerprint density at radius 1 is 1.21 bits per heavy atom. The SMILES string of the molecule is CCC(=O)NCCc1nnc(SCC2CCCCC2)n1-c1ccc(OC)cc1. The van der Waals surface area contributed by atoms with Crippen molar-refractivity contribution in [1.82, 2.24) is 20.1 Å². The second kappa shape index (κ2) is 10.5. The second-order valence-electron chi connectivity index (χ2n) is 7.20. The molecule has 1 saturated carbocycles. The third-order valence-electron chi connectivity index (χ3n) is 5.20. The first kappa shape index (κ1) is 20.7. The average molecular weight is 403 g/mol. The fourth-order valence-electron chi connectivity index (χ4n) is 3.53. The lowest BCUT2D eigenvalue weighted by Gasteiger charge is -2.20. The molecule has 0 spiro atoms. The molecule has 2 aromatic rings. The maximum Gasteiger partial charge on any atom is 0.219 e. The molecule has 1 aliphatic carbocycles. The Balaban J connectivity index is 1.76. The lowest BCUT2D eigenvalue weighted by atomic mass is 9.91. The number of carbonyl (C=O) groups is 1. The third-order valence-corrected chi connectivity index (χ3v) is 6.36. The normalized spacial score (nSPS) is 14.8. The van der Waals surface area contributed by atoms with E-state index in [2.05, 4.69) is 20.1 Å². The number of nitrogens with one attached hydrogen (secondary N) is 1. The van der Waals surface area contributed by atoms with Gasteiger partial charge in [0.15, 0.2) is 5.16 Å². The predicted molar refractivity (Wildman–Crippen MR) is 112 cm³/mol. The van der Waals surface area contributed by atoms with Gasteiger partial charge in [0.1, 0.15) is 11.6 Å². The number of methoxy groups -OCH3 is 1. The monoisotopic (exact) mass is 402 g/mol. The number of ether oxygens (including phenoxy) is 1. The predicted octanol–water partition coefficient (Wildman–Crippen LogP) is 4.02. The van der Waals surface area contributed by atoms with Crippen LogP contribution in [0.25, 0.3) is 5.69 Å². The molecule has 0 unspecified atom stereocenters. The van der Waals surface area contributed by atoms with Crippen LogP contribution >= 0.6 is 11.8 Å². The van der Waals surface area contributed by atoms with Crippen molar-refractivity contribution in [3.8, 4) is 11.4 Å². The summed E-state index contributed by atoms with van der Waals surface area (Å²) in [6.07, 6.45) is 7.84. The number of rotatable bonds is 9. The molecule has 1 aromatic heterocycles. The van der Waals surface area contributed by atoms with Gasteiger partial charge in [0.2, 0.25) is 5.91 Å². The largest absolute Gasteiger partial charge is 0.497 e. The van der Waals surface area contributed by atoms with Crippen molar-refractivity contribution in [2.45, 2.75) is 57.0 Å². The van der Waals surface area contributed by atoms with Crippen molar-refractivity contribution in [3.05, 3.63) is 30.1 Å². The topological polar surface area (TPSA) is 69.0 Å². The molecule has 1 N–H and O–H groups in total. The number of hydrogen-bond acceptors (Lipinski definition) is 5. The molecule has 7 heteroatoms. The van der Waals surface area contributed by atoms with Gasteiger partial charge >= 0.3 is 0 Å². The minimum Gasteiger partial charge on any atom is -0.497 e. The highest BCUT2D eigenvalue weighted by Gasteiger charge is 2.18. The highest BCUT2D eigenvalue weighted by molar-refractivity contribution is 7.99. The Bertz CT molecular complexity index is 754. The summed E-state index contributed by atoms with van der Waals surface area (Å²) < 4.78 is 7.40. The van der Waals surface area contributed by atoms with Crippen molar-refractivity contribution in [1.29, 1.82) is 0 Å². The molecule has 1 aromatic carbocycles. The highest BCUT2D eigenvalue weighted by atomic mass is 32.2. The molecule has 3 rings (SSSR count). The highest BCUT2D eigenvalue weighted by Crippen LogP contribution is 2.31. The average Bonchev–Trinajstić information content (AvgIpc) is 3.15. The molecular weight excluding hydrogens is 372 g/mol. The van der Waals surface area contributed by atoms with Gasteiger partial charge in [0.25, 0.3) is 0 Å². The summed E-state index contributed by atoms with van der Waals surface area (Å²) in [6, 6.07) is 7.96. The zero-order valence-electron chi connectivity index (χ0n) is 16.8. The summed E-state index contributed by atoms with van der Waals surface area (Å²) in [5.74, 6) is 3.60. The molecule has 28 heavy (non-hydrogen) atoms. The standard InChI is InChI=1S/C21H30N4O2S/c1-3-20(26)22-14-13-19-23-24-21(28-15-16-7-5-4-6-8-16)25(19)17-9-11-18(27-2)12-10-17/h9-12,16H,3-8,13-15H2,1-2H3,(H,22,26). The number of thioether (sulfide) groups is 1. The van der Waals surface area contributed by atoms with Gasteiger partial charge in [-0.25, -0.2) is 0 Å². The van der Waals surface area contributed by atoms with Gasteiger partial charge < -0.3 is 10.1 Å². The molecule has 1 heterocycles. The van der Waals surface area contributed by atoms with Gasteiger partial charge in [0.05, 0.1) is 7.11 Å². The van der Waals surface area contributed by atoms with Crippen LogP contribution in [0.2, 0.25) is 0 Å². The lowest BCUT2D eigenvalue weighted by molar-refractivity contribution is -0.120. The molecule has 0 radical (unpaired) electrons. The second-order valence-corrected chi connectivity index (χ2v) is 8.19. The number of amides is 1. The number of benzene rings is 1. The summed E-state index contributed by atoms with van der Waals surface area (Å²) in [6.45, 7) is 2.42. The minimum absolute atomic E-state index is 0.0578. The Hall–Kier alpha value is -2.02. The Kier molecular flexibility index (Phi) is 7.77. The maximum absolute atomic E-state index is 11.5. The summed E-state index contributed by atoms with van der Waals surface area (Å²) in [5, 5.41) is 12.7. The molecule has 0 aliphatic heterocycles. The van der Waals surface area contributed by atoms with Crippen LogP contribution in [0.3, 0.4) is 0 Å². The van der Waals surface area contributed by atoms with Crippen molar-refractivity contribution in [2.75, 3.05) is 19.4 Å². The van der Waals surface area contributed by atoms with E-state index in [4.69, 9.17) is 4.74 Å². The molecule has 1 aliphatic rings. The van der Waals surface area contributed by atoms with Gasteiger partial charge in [-0.1, -0.05) is 37.9 Å². The van der Waals surface area contributed by atoms with E-state index in [1.165, 1.54) is 32.1 Å². The van der Waals surface area contributed by atoms with Crippen LogP contribution in [0.5, 0.6) is 5.75 Å². The van der Waals surface area contributed by atoms with Crippen molar-refractivity contribution in [2.24, 2.45) is 5.92 Å². The van der Waals surface area contributed by atoms with E-state index in [9.17, 15) is 4.79 Å². The van der Waals surface area contributed by atoms with Gasteiger partial charge in [-0.15, -0.1) is 10.2 Å². The molecule has 0 saturated heterocycles. The van der Waals surface area contributed by atoms with Crippen molar-refractivity contribution < 1.29 is 9.53 Å². The molecular formula is C21H30N4O2S. The lowest BCUT2D eigenvalue weighted by Crippen LogP contribution is -2.25. The van der Waals surface area contributed by atoms with Crippen LogP contribution in [0.1, 0.15) is 51.3 Å². The Morgan fingerprint density at radius 3 is 2.64 bits per heavy atom. The summed E-state index contributed by atoms with van der Waals surface area (Å²) in [5.41, 5.74) is 1.02. The van der Waals surface area contributed by atoms with E-state index in [0.29, 0.717) is 19.4 Å². The van der Waals surface area contributed by atoms with Gasteiger partial charge in [0, 0.05) is 30.8 Å². The molecule has 1 amide bonds. The van der Waals surface area contributed by atoms with Crippen molar-refractivity contribution in [3.63, 3.8) is 0 Å². The van der Waals surface area contributed by atoms with Crippen LogP contribution in [0, 0.1) is 5.92 Å². The minimum atomic E-state index is 0.0578. The van der Waals surface area contributed by atoms with Crippen LogP contribution in [-0.4, -0.2) is 40.1 Å². The first-order valence-electron chi connectivity index (χ1n) is 10.2. The Labute approximate surface area is 171 Å². The molecule has 1 fully saturated rings. The zero-order valence-corrected chi connectivity index (χ0v) is 17.6. The molecule has 152 valence electrons. The van der Waals surface area contributed by atoms with Gasteiger partial charge in [-0.05, 0) is 43.0 Å². The first-order valence-corrected chi connectivity index (χ1v) is 11.2. The van der Waals surface area contributed by atoms with E-state index >= 15 is 0 Å².